The Bertz CT molecular complexity index is 780. The molecule has 0 radical (unpaired) electrons. The van der Waals surface area contributed by atoms with Crippen LogP contribution in [0.2, 0.25) is 0 Å². The summed E-state index contributed by atoms with van der Waals surface area (Å²) in [6.07, 6.45) is 7.39. The summed E-state index contributed by atoms with van der Waals surface area (Å²) in [6.45, 7) is 3.53. The number of esters is 1. The van der Waals surface area contributed by atoms with Crippen LogP contribution < -0.4 is 4.57 Å². The molecule has 1 aromatic carbocycles. The Labute approximate surface area is 153 Å². The molecule has 25 heavy (non-hydrogen) atoms. The number of nitrogens with zero attached hydrogens (tertiary/aromatic N) is 1. The van der Waals surface area contributed by atoms with Crippen molar-refractivity contribution in [2.75, 3.05) is 6.61 Å². The van der Waals surface area contributed by atoms with Crippen molar-refractivity contribution < 1.29 is 14.1 Å². The van der Waals surface area contributed by atoms with Gasteiger partial charge in [0.25, 0.3) is 0 Å². The maximum Gasteiger partial charge on any atom is 0.309 e. The molecule has 2 aliphatic rings. The highest BCUT2D eigenvalue weighted by molar-refractivity contribution is 7.09. The molecule has 3 atom stereocenters. The smallest absolute Gasteiger partial charge is 0.309 e. The molecule has 1 aromatic heterocycles. The van der Waals surface area contributed by atoms with Crippen LogP contribution in [0.15, 0.2) is 48.0 Å². The lowest BCUT2D eigenvalue weighted by Crippen LogP contribution is -2.35. The van der Waals surface area contributed by atoms with E-state index in [4.69, 9.17) is 4.74 Å². The minimum Gasteiger partial charge on any atom is -0.465 e. The highest BCUT2D eigenvalue weighted by Crippen LogP contribution is 2.43. The molecular formula is C21H24NO2S+. The average molecular weight is 354 g/mol. The number of rotatable bonds is 6. The van der Waals surface area contributed by atoms with Crippen molar-refractivity contribution in [2.45, 2.75) is 32.7 Å². The minimum atomic E-state index is 0.00298. The van der Waals surface area contributed by atoms with Crippen LogP contribution in [0.1, 0.15) is 29.0 Å². The van der Waals surface area contributed by atoms with Gasteiger partial charge in [-0.3, -0.25) is 4.79 Å². The van der Waals surface area contributed by atoms with E-state index in [1.165, 1.54) is 16.1 Å². The Hall–Kier alpha value is -1.94. The molecule has 0 aliphatic heterocycles. The number of hydrogen-bond acceptors (Lipinski definition) is 3. The highest BCUT2D eigenvalue weighted by Gasteiger charge is 2.40. The fourth-order valence-corrected chi connectivity index (χ4v) is 5.01. The third-order valence-corrected chi connectivity index (χ3v) is 6.65. The number of benzene rings is 1. The Balaban J connectivity index is 1.30. The summed E-state index contributed by atoms with van der Waals surface area (Å²) in [5.74, 6) is 1.14. The maximum absolute atomic E-state index is 12.3. The fraction of sp³-hybridized carbons (Fsp3) is 0.429. The Morgan fingerprint density at radius 3 is 2.80 bits per heavy atom. The lowest BCUT2D eigenvalue weighted by Gasteiger charge is -2.16. The SMILES string of the molecule is Cc1c(CCOC(=O)[C@H]2C[C@@H]3C=C[C@H]2C3)sc[n+]1Cc1ccccc1. The summed E-state index contributed by atoms with van der Waals surface area (Å²) in [7, 11) is 0. The van der Waals surface area contributed by atoms with Crippen LogP contribution >= 0.6 is 11.3 Å². The number of allylic oxidation sites excluding steroid dienone is 2. The van der Waals surface area contributed by atoms with Crippen LogP contribution in [-0.4, -0.2) is 12.6 Å². The summed E-state index contributed by atoms with van der Waals surface area (Å²) < 4.78 is 7.87. The van der Waals surface area contributed by atoms with Gasteiger partial charge >= 0.3 is 5.97 Å². The first-order valence-corrected chi connectivity index (χ1v) is 9.94. The molecule has 4 rings (SSSR count). The molecule has 0 amide bonds. The van der Waals surface area contributed by atoms with Crippen molar-refractivity contribution in [2.24, 2.45) is 17.8 Å². The van der Waals surface area contributed by atoms with Crippen molar-refractivity contribution in [3.05, 3.63) is 64.1 Å². The molecule has 2 aromatic rings. The van der Waals surface area contributed by atoms with Crippen molar-refractivity contribution in [3.63, 3.8) is 0 Å². The quantitative estimate of drug-likeness (QED) is 0.450. The Kier molecular flexibility index (Phi) is 4.71. The van der Waals surface area contributed by atoms with Gasteiger partial charge in [-0.2, -0.15) is 4.57 Å². The highest BCUT2D eigenvalue weighted by atomic mass is 32.1. The number of aromatic nitrogens is 1. The first kappa shape index (κ1) is 16.5. The van der Waals surface area contributed by atoms with E-state index in [0.717, 1.165) is 25.8 Å². The Morgan fingerprint density at radius 1 is 1.24 bits per heavy atom. The third-order valence-electron chi connectivity index (χ3n) is 5.51. The van der Waals surface area contributed by atoms with E-state index in [0.29, 0.717) is 18.4 Å². The number of carbonyl (C=O) groups excluding carboxylic acids is 1. The molecule has 2 bridgehead atoms. The average Bonchev–Trinajstić information content (AvgIpc) is 3.34. The molecule has 0 saturated heterocycles. The molecule has 1 saturated carbocycles. The summed E-state index contributed by atoms with van der Waals surface area (Å²) >= 11 is 1.75. The molecule has 0 N–H and O–H groups in total. The molecule has 130 valence electrons. The maximum atomic E-state index is 12.3. The first-order valence-electron chi connectivity index (χ1n) is 9.06. The van der Waals surface area contributed by atoms with Crippen LogP contribution in [-0.2, 0) is 22.5 Å². The topological polar surface area (TPSA) is 30.2 Å². The van der Waals surface area contributed by atoms with Crippen molar-refractivity contribution in [1.29, 1.82) is 0 Å². The van der Waals surface area contributed by atoms with E-state index in [1.54, 1.807) is 11.3 Å². The van der Waals surface area contributed by atoms with Gasteiger partial charge in [-0.1, -0.05) is 53.8 Å². The van der Waals surface area contributed by atoms with Gasteiger partial charge in [-0.05, 0) is 24.7 Å². The first-order chi connectivity index (χ1) is 12.2. The zero-order valence-corrected chi connectivity index (χ0v) is 15.4. The molecule has 4 heteroatoms. The van der Waals surface area contributed by atoms with E-state index in [2.05, 4.69) is 53.4 Å². The number of fused-ring (bicyclic) bond motifs is 2. The second-order valence-corrected chi connectivity index (χ2v) is 8.09. The van der Waals surface area contributed by atoms with Crippen LogP contribution in [0.4, 0.5) is 0 Å². The summed E-state index contributed by atoms with van der Waals surface area (Å²) in [5.41, 5.74) is 4.74. The van der Waals surface area contributed by atoms with Crippen molar-refractivity contribution in [3.8, 4) is 0 Å². The zero-order valence-electron chi connectivity index (χ0n) is 14.6. The van der Waals surface area contributed by atoms with Gasteiger partial charge in [-0.25, -0.2) is 0 Å². The largest absolute Gasteiger partial charge is 0.465 e. The van der Waals surface area contributed by atoms with Crippen molar-refractivity contribution >= 4 is 17.3 Å². The second kappa shape index (κ2) is 7.12. The van der Waals surface area contributed by atoms with E-state index in [-0.39, 0.29) is 11.9 Å². The van der Waals surface area contributed by atoms with Crippen LogP contribution in [0.25, 0.3) is 0 Å². The molecule has 2 aliphatic carbocycles. The number of thiazole rings is 1. The van der Waals surface area contributed by atoms with Gasteiger partial charge in [0.2, 0.25) is 5.51 Å². The van der Waals surface area contributed by atoms with Gasteiger partial charge in [-0.15, -0.1) is 0 Å². The number of carbonyl (C=O) groups is 1. The van der Waals surface area contributed by atoms with E-state index in [1.807, 2.05) is 6.07 Å². The van der Waals surface area contributed by atoms with Crippen LogP contribution in [0.3, 0.4) is 0 Å². The lowest BCUT2D eigenvalue weighted by atomic mass is 9.94. The zero-order chi connectivity index (χ0) is 17.2. The molecule has 0 unspecified atom stereocenters. The monoisotopic (exact) mass is 354 g/mol. The lowest BCUT2D eigenvalue weighted by molar-refractivity contribution is -0.689. The molecule has 1 heterocycles. The van der Waals surface area contributed by atoms with E-state index in [9.17, 15) is 4.79 Å². The normalized spacial score (nSPS) is 24.0. The summed E-state index contributed by atoms with van der Waals surface area (Å²) in [4.78, 5) is 13.6. The number of hydrogen-bond donors (Lipinski definition) is 0. The standard InChI is InChI=1S/C21H24NO2S/c1-15-20(25-14-22(15)13-16-5-3-2-4-6-16)9-10-24-21(23)19-12-17-7-8-18(19)11-17/h2-8,14,17-19H,9-13H2,1H3/q+1/t17-,18+,19+/m1/s1. The summed E-state index contributed by atoms with van der Waals surface area (Å²) in [5, 5.41) is 0. The Morgan fingerprint density at radius 2 is 2.08 bits per heavy atom. The molecule has 0 spiro atoms. The summed E-state index contributed by atoms with van der Waals surface area (Å²) in [6, 6.07) is 10.5. The van der Waals surface area contributed by atoms with Gasteiger partial charge in [0.15, 0.2) is 12.2 Å². The minimum absolute atomic E-state index is 0.00298. The van der Waals surface area contributed by atoms with Crippen molar-refractivity contribution in [1.82, 2.24) is 0 Å². The van der Waals surface area contributed by atoms with E-state index >= 15 is 0 Å². The van der Waals surface area contributed by atoms with Gasteiger partial charge in [0.1, 0.15) is 0 Å². The number of ether oxygens (including phenoxy) is 1. The van der Waals surface area contributed by atoms with Crippen LogP contribution in [0, 0.1) is 24.7 Å². The van der Waals surface area contributed by atoms with Gasteiger partial charge in [0, 0.05) is 18.9 Å². The fourth-order valence-electron chi connectivity index (χ4n) is 4.03. The predicted molar refractivity (Wildman–Crippen MR) is 98.3 cm³/mol. The molecule has 1 fully saturated rings. The van der Waals surface area contributed by atoms with Gasteiger partial charge in [0.05, 0.1) is 17.4 Å². The molecular weight excluding hydrogens is 330 g/mol. The van der Waals surface area contributed by atoms with Crippen LogP contribution in [0.5, 0.6) is 0 Å². The van der Waals surface area contributed by atoms with Gasteiger partial charge < -0.3 is 4.74 Å². The second-order valence-electron chi connectivity index (χ2n) is 7.15. The predicted octanol–water partition coefficient (Wildman–Crippen LogP) is 3.69. The van der Waals surface area contributed by atoms with E-state index < -0.39 is 0 Å². The molecule has 3 nitrogen and oxygen atoms in total. The third kappa shape index (κ3) is 3.54.